The lowest BCUT2D eigenvalue weighted by atomic mass is 10.1. The second-order valence-corrected chi connectivity index (χ2v) is 4.87. The van der Waals surface area contributed by atoms with E-state index in [2.05, 4.69) is 30.0 Å². The third-order valence-corrected chi connectivity index (χ3v) is 3.76. The third-order valence-electron chi connectivity index (χ3n) is 3.76. The first-order valence-electron chi connectivity index (χ1n) is 7.64. The fourth-order valence-corrected chi connectivity index (χ4v) is 2.86. The second-order valence-electron chi connectivity index (χ2n) is 4.87. The average Bonchev–Trinajstić information content (AvgIpc) is 2.71. The van der Waals surface area contributed by atoms with E-state index in [9.17, 15) is 0 Å². The molecule has 0 N–H and O–H groups in total. The average molecular weight is 254 g/mol. The molecule has 2 heteroatoms. The molecule has 1 heterocycles. The van der Waals surface area contributed by atoms with Gasteiger partial charge in [0.15, 0.2) is 0 Å². The summed E-state index contributed by atoms with van der Waals surface area (Å²) in [4.78, 5) is 4.06. The molecule has 2 aromatic rings. The van der Waals surface area contributed by atoms with Gasteiger partial charge in [0.05, 0.1) is 11.4 Å². The van der Waals surface area contributed by atoms with Crippen molar-refractivity contribution in [3.05, 3.63) is 54.1 Å². The van der Waals surface area contributed by atoms with Crippen LogP contribution in [0.25, 0.3) is 0 Å². The molecule has 2 aromatic carbocycles. The first-order chi connectivity index (χ1) is 9.91. The summed E-state index contributed by atoms with van der Waals surface area (Å²) in [5, 5.41) is 0. The van der Waals surface area contributed by atoms with Crippen LogP contribution in [0, 0.1) is 6.92 Å². The monoisotopic (exact) mass is 254 g/mol. The van der Waals surface area contributed by atoms with Gasteiger partial charge in [-0.1, -0.05) is 30.3 Å². The summed E-state index contributed by atoms with van der Waals surface area (Å²) in [5.74, 6) is 0. The van der Waals surface area contributed by atoms with Crippen LogP contribution in [0.4, 0.5) is 17.1 Å². The van der Waals surface area contributed by atoms with Crippen LogP contribution < -0.4 is 9.80 Å². The standard InChI is InChI=1S/C17H20N2/c1-4-18-14(3)19(15-10-6-5-9-13(15)2)17-12-8-7-11-16(17)18/h5-12,14H,4H2,1-3H3/t14-/m1/s1/i4D2. The van der Waals surface area contributed by atoms with Crippen molar-refractivity contribution in [1.82, 2.24) is 0 Å². The molecule has 3 rings (SSSR count). The smallest absolute Gasteiger partial charge is 0.104 e. The van der Waals surface area contributed by atoms with Gasteiger partial charge < -0.3 is 9.80 Å². The summed E-state index contributed by atoms with van der Waals surface area (Å²) >= 11 is 0. The van der Waals surface area contributed by atoms with Gasteiger partial charge in [0.1, 0.15) is 6.17 Å². The molecular weight excluding hydrogens is 232 g/mol. The van der Waals surface area contributed by atoms with Gasteiger partial charge in [-0.25, -0.2) is 0 Å². The maximum Gasteiger partial charge on any atom is 0.104 e. The number of nitrogens with zero attached hydrogens (tertiary/aromatic N) is 2. The molecule has 1 atom stereocenters. The summed E-state index contributed by atoms with van der Waals surface area (Å²) < 4.78 is 16.3. The SMILES string of the molecule is [2H]C([2H])(C)N1c2ccccc2N(c2ccccc2C)[C@@H]1C. The van der Waals surface area contributed by atoms with Crippen LogP contribution in [0.1, 0.15) is 22.2 Å². The van der Waals surface area contributed by atoms with E-state index in [1.165, 1.54) is 5.56 Å². The van der Waals surface area contributed by atoms with Crippen molar-refractivity contribution >= 4 is 17.1 Å². The van der Waals surface area contributed by atoms with Gasteiger partial charge in [0, 0.05) is 14.9 Å². The molecule has 0 spiro atoms. The minimum atomic E-state index is -1.41. The number of hydrogen-bond donors (Lipinski definition) is 0. The Hall–Kier alpha value is -1.96. The molecule has 0 radical (unpaired) electrons. The normalized spacial score (nSPS) is 20.1. The summed E-state index contributed by atoms with van der Waals surface area (Å²) in [6.45, 7) is 4.34. The first kappa shape index (κ1) is 9.90. The number of aryl methyl sites for hydroxylation is 1. The highest BCUT2D eigenvalue weighted by molar-refractivity contribution is 5.84. The molecule has 0 amide bonds. The Balaban J connectivity index is 2.18. The van der Waals surface area contributed by atoms with Crippen LogP contribution in [0.15, 0.2) is 48.5 Å². The van der Waals surface area contributed by atoms with E-state index in [4.69, 9.17) is 2.74 Å². The minimum absolute atomic E-state index is 0.0662. The van der Waals surface area contributed by atoms with Crippen LogP contribution in [0.2, 0.25) is 0 Å². The van der Waals surface area contributed by atoms with E-state index < -0.39 is 6.50 Å². The maximum absolute atomic E-state index is 8.16. The van der Waals surface area contributed by atoms with E-state index in [-0.39, 0.29) is 6.17 Å². The molecule has 1 aliphatic rings. The Morgan fingerprint density at radius 1 is 1.00 bits per heavy atom. The van der Waals surface area contributed by atoms with E-state index in [0.717, 1.165) is 17.1 Å². The number of anilines is 3. The molecular formula is C17H20N2. The van der Waals surface area contributed by atoms with Crippen LogP contribution >= 0.6 is 0 Å². The van der Waals surface area contributed by atoms with Crippen molar-refractivity contribution in [2.75, 3.05) is 16.3 Å². The molecule has 1 aliphatic heterocycles. The summed E-state index contributed by atoms with van der Waals surface area (Å²) in [5.41, 5.74) is 4.33. The zero-order valence-corrected chi connectivity index (χ0v) is 11.6. The highest BCUT2D eigenvalue weighted by atomic mass is 15.4. The van der Waals surface area contributed by atoms with Gasteiger partial charge in [0.25, 0.3) is 0 Å². The number of benzene rings is 2. The Morgan fingerprint density at radius 3 is 2.21 bits per heavy atom. The molecule has 19 heavy (non-hydrogen) atoms. The van der Waals surface area contributed by atoms with E-state index in [1.807, 2.05) is 42.2 Å². The number of rotatable bonds is 2. The lowest BCUT2D eigenvalue weighted by Crippen LogP contribution is -2.38. The topological polar surface area (TPSA) is 6.48 Å². The molecule has 0 saturated heterocycles. The number of hydrogen-bond acceptors (Lipinski definition) is 2. The van der Waals surface area contributed by atoms with Crippen LogP contribution in [0.5, 0.6) is 0 Å². The first-order valence-corrected chi connectivity index (χ1v) is 6.64. The Kier molecular flexibility index (Phi) is 2.41. The van der Waals surface area contributed by atoms with Crippen LogP contribution in [-0.2, 0) is 0 Å². The third kappa shape index (κ3) is 1.79. The highest BCUT2D eigenvalue weighted by Gasteiger charge is 2.32. The van der Waals surface area contributed by atoms with Crippen LogP contribution in [-0.4, -0.2) is 12.7 Å². The lowest BCUT2D eigenvalue weighted by Gasteiger charge is -2.30. The highest BCUT2D eigenvalue weighted by Crippen LogP contribution is 2.44. The van der Waals surface area contributed by atoms with Crippen LogP contribution in [0.3, 0.4) is 0 Å². The molecule has 0 aliphatic carbocycles. The summed E-state index contributed by atoms with van der Waals surface area (Å²) in [7, 11) is 0. The fraction of sp³-hybridized carbons (Fsp3) is 0.294. The quantitative estimate of drug-likeness (QED) is 0.787. The van der Waals surface area contributed by atoms with Crippen molar-refractivity contribution in [2.24, 2.45) is 0 Å². The molecule has 98 valence electrons. The van der Waals surface area contributed by atoms with Crippen molar-refractivity contribution in [1.29, 1.82) is 0 Å². The van der Waals surface area contributed by atoms with Gasteiger partial charge >= 0.3 is 0 Å². The van der Waals surface area contributed by atoms with Crippen molar-refractivity contribution in [3.8, 4) is 0 Å². The zero-order chi connectivity index (χ0) is 15.2. The lowest BCUT2D eigenvalue weighted by molar-refractivity contribution is 0.691. The van der Waals surface area contributed by atoms with Gasteiger partial charge in [-0.05, 0) is 44.5 Å². The largest absolute Gasteiger partial charge is 0.350 e. The Morgan fingerprint density at radius 2 is 1.58 bits per heavy atom. The molecule has 0 unspecified atom stereocenters. The fourth-order valence-electron chi connectivity index (χ4n) is 2.86. The Labute approximate surface area is 118 Å². The van der Waals surface area contributed by atoms with Gasteiger partial charge in [-0.15, -0.1) is 0 Å². The zero-order valence-electron chi connectivity index (χ0n) is 13.6. The number of fused-ring (bicyclic) bond motifs is 1. The van der Waals surface area contributed by atoms with E-state index in [0.29, 0.717) is 0 Å². The van der Waals surface area contributed by atoms with Gasteiger partial charge in [0.2, 0.25) is 0 Å². The van der Waals surface area contributed by atoms with Crippen molar-refractivity contribution in [2.45, 2.75) is 26.9 Å². The van der Waals surface area contributed by atoms with Crippen molar-refractivity contribution in [3.63, 3.8) is 0 Å². The maximum atomic E-state index is 8.16. The summed E-state index contributed by atoms with van der Waals surface area (Å²) in [6.07, 6.45) is -0.0662. The predicted octanol–water partition coefficient (Wildman–Crippen LogP) is 4.32. The molecule has 2 nitrogen and oxygen atoms in total. The predicted molar refractivity (Wildman–Crippen MR) is 82.2 cm³/mol. The minimum Gasteiger partial charge on any atom is -0.350 e. The molecule has 0 bridgehead atoms. The van der Waals surface area contributed by atoms with E-state index >= 15 is 0 Å². The molecule has 0 aromatic heterocycles. The second kappa shape index (κ2) is 4.61. The Bertz CT molecular complexity index is 664. The van der Waals surface area contributed by atoms with E-state index in [1.54, 1.807) is 6.92 Å². The van der Waals surface area contributed by atoms with Gasteiger partial charge in [-0.3, -0.25) is 0 Å². The van der Waals surface area contributed by atoms with Crippen molar-refractivity contribution < 1.29 is 2.74 Å². The summed E-state index contributed by atoms with van der Waals surface area (Å²) in [6, 6.07) is 16.3. The molecule has 0 saturated carbocycles. The molecule has 0 fully saturated rings. The number of para-hydroxylation sites is 3. The van der Waals surface area contributed by atoms with Gasteiger partial charge in [-0.2, -0.15) is 0 Å².